The van der Waals surface area contributed by atoms with Gasteiger partial charge in [-0.15, -0.1) is 0 Å². The van der Waals surface area contributed by atoms with E-state index in [1.54, 1.807) is 0 Å². The van der Waals surface area contributed by atoms with E-state index in [4.69, 9.17) is 4.74 Å². The van der Waals surface area contributed by atoms with Crippen LogP contribution in [0.15, 0.2) is 54.3 Å². The number of carbonyl (C=O) groups is 1. The summed E-state index contributed by atoms with van der Waals surface area (Å²) in [7, 11) is 0. The van der Waals surface area contributed by atoms with Crippen LogP contribution in [0.1, 0.15) is 51.5 Å². The molecule has 1 aromatic rings. The van der Waals surface area contributed by atoms with E-state index in [0.29, 0.717) is 18.1 Å². The Labute approximate surface area is 127 Å². The van der Waals surface area contributed by atoms with Gasteiger partial charge in [0.15, 0.2) is 0 Å². The summed E-state index contributed by atoms with van der Waals surface area (Å²) < 4.78 is 5.34. The van der Waals surface area contributed by atoms with Crippen molar-refractivity contribution in [1.82, 2.24) is 0 Å². The minimum absolute atomic E-state index is 0.217. The average molecular weight is 284 g/mol. The fourth-order valence-corrected chi connectivity index (χ4v) is 2.49. The first kappa shape index (κ1) is 15.6. The van der Waals surface area contributed by atoms with Gasteiger partial charge in [0.25, 0.3) is 0 Å². The Bertz CT molecular complexity index is 547. The van der Waals surface area contributed by atoms with E-state index in [1.807, 2.05) is 26.8 Å². The molecule has 1 aromatic carbocycles. The van der Waals surface area contributed by atoms with Gasteiger partial charge in [-0.1, -0.05) is 48.6 Å². The monoisotopic (exact) mass is 284 g/mol. The summed E-state index contributed by atoms with van der Waals surface area (Å²) in [6, 6.07) is 10.6. The molecule has 0 fully saturated rings. The quantitative estimate of drug-likeness (QED) is 0.442. The molecular weight excluding hydrogens is 260 g/mol. The lowest BCUT2D eigenvalue weighted by Gasteiger charge is -2.18. The molecule has 0 aromatic heterocycles. The van der Waals surface area contributed by atoms with Crippen LogP contribution in [-0.4, -0.2) is 5.97 Å². The molecule has 21 heavy (non-hydrogen) atoms. The number of allylic oxidation sites excluding steroid dienone is 2. The topological polar surface area (TPSA) is 26.3 Å². The van der Waals surface area contributed by atoms with Crippen LogP contribution in [0.3, 0.4) is 0 Å². The summed E-state index contributed by atoms with van der Waals surface area (Å²) in [5.41, 5.74) is 2.20. The molecule has 0 N–H and O–H groups in total. The Balaban J connectivity index is 1.85. The first-order valence-corrected chi connectivity index (χ1v) is 7.49. The second kappa shape index (κ2) is 6.30. The number of esters is 1. The normalized spacial score (nSPS) is 18.2. The predicted molar refractivity (Wildman–Crippen MR) is 85.8 cm³/mol. The lowest BCUT2D eigenvalue weighted by atomic mass is 9.95. The Morgan fingerprint density at radius 2 is 1.95 bits per heavy atom. The van der Waals surface area contributed by atoms with Crippen LogP contribution in [0, 0.1) is 5.41 Å². The van der Waals surface area contributed by atoms with Crippen molar-refractivity contribution in [3.8, 4) is 0 Å². The fraction of sp³-hybridized carbons (Fsp3) is 0.421. The van der Waals surface area contributed by atoms with E-state index in [2.05, 4.69) is 36.9 Å². The van der Waals surface area contributed by atoms with Gasteiger partial charge in [0.2, 0.25) is 0 Å². The molecule has 2 heteroatoms. The molecular formula is C19H24O2. The van der Waals surface area contributed by atoms with Crippen LogP contribution in [0.4, 0.5) is 0 Å². The molecule has 0 amide bonds. The summed E-state index contributed by atoms with van der Waals surface area (Å²) in [6.45, 7) is 9.44. The number of hydrogen-bond acceptors (Lipinski definition) is 2. The molecule has 1 aliphatic carbocycles. The van der Waals surface area contributed by atoms with Crippen LogP contribution < -0.4 is 0 Å². The summed E-state index contributed by atoms with van der Waals surface area (Å²) in [5, 5.41) is 0. The Morgan fingerprint density at radius 1 is 1.29 bits per heavy atom. The van der Waals surface area contributed by atoms with Crippen LogP contribution in [-0.2, 0) is 9.53 Å². The number of rotatable bonds is 4. The van der Waals surface area contributed by atoms with E-state index in [9.17, 15) is 4.79 Å². The average Bonchev–Trinajstić information content (AvgIpc) is 2.87. The molecule has 1 unspecified atom stereocenters. The van der Waals surface area contributed by atoms with Crippen molar-refractivity contribution in [2.24, 2.45) is 5.41 Å². The molecule has 1 atom stereocenters. The van der Waals surface area contributed by atoms with E-state index >= 15 is 0 Å². The third-order valence-electron chi connectivity index (χ3n) is 3.74. The molecule has 112 valence electrons. The molecule has 0 heterocycles. The summed E-state index contributed by atoms with van der Waals surface area (Å²) in [4.78, 5) is 11.8. The van der Waals surface area contributed by atoms with Crippen molar-refractivity contribution in [3.05, 3.63) is 59.9 Å². The van der Waals surface area contributed by atoms with Gasteiger partial charge in [0.05, 0.1) is 5.41 Å². The van der Waals surface area contributed by atoms with Crippen molar-refractivity contribution >= 4 is 5.97 Å². The maximum atomic E-state index is 11.8. The summed E-state index contributed by atoms with van der Waals surface area (Å²) in [5.74, 6) is 0.882. The van der Waals surface area contributed by atoms with E-state index in [1.165, 1.54) is 11.1 Å². The van der Waals surface area contributed by atoms with Crippen LogP contribution in [0.5, 0.6) is 0 Å². The Hall–Kier alpha value is -1.83. The third-order valence-corrected chi connectivity index (χ3v) is 3.74. The van der Waals surface area contributed by atoms with Crippen LogP contribution in [0.2, 0.25) is 0 Å². The molecule has 1 aliphatic rings. The van der Waals surface area contributed by atoms with Gasteiger partial charge in [-0.3, -0.25) is 4.79 Å². The first-order valence-electron chi connectivity index (χ1n) is 7.49. The molecule has 0 saturated carbocycles. The maximum absolute atomic E-state index is 11.8. The second-order valence-electron chi connectivity index (χ2n) is 6.76. The van der Waals surface area contributed by atoms with Gasteiger partial charge in [-0.05, 0) is 45.1 Å². The molecule has 0 radical (unpaired) electrons. The van der Waals surface area contributed by atoms with Gasteiger partial charge < -0.3 is 4.74 Å². The minimum Gasteiger partial charge on any atom is -0.431 e. The summed E-state index contributed by atoms with van der Waals surface area (Å²) >= 11 is 0. The van der Waals surface area contributed by atoms with Crippen molar-refractivity contribution in [1.29, 1.82) is 0 Å². The highest BCUT2D eigenvalue weighted by Gasteiger charge is 2.25. The van der Waals surface area contributed by atoms with Crippen LogP contribution in [0.25, 0.3) is 0 Å². The lowest BCUT2D eigenvalue weighted by Crippen LogP contribution is -2.22. The number of carbonyl (C=O) groups excluding carboxylic acids is 1. The molecule has 2 rings (SSSR count). The highest BCUT2D eigenvalue weighted by Crippen LogP contribution is 2.36. The van der Waals surface area contributed by atoms with Gasteiger partial charge in [0.1, 0.15) is 5.76 Å². The zero-order valence-electron chi connectivity index (χ0n) is 13.2. The van der Waals surface area contributed by atoms with Gasteiger partial charge in [-0.2, -0.15) is 0 Å². The number of benzene rings is 1. The standard InChI is InChI=1S/C19H24O2/c1-14(21-18(20)19(2,3)4)12-15-10-11-17(13-15)16-8-6-5-7-9-16/h5-10,17H,1,11-13H2,2-4H3. The molecule has 2 nitrogen and oxygen atoms in total. The molecule has 0 aliphatic heterocycles. The molecule has 0 spiro atoms. The number of hydrogen-bond donors (Lipinski definition) is 0. The summed E-state index contributed by atoms with van der Waals surface area (Å²) in [6.07, 6.45) is 4.99. The fourth-order valence-electron chi connectivity index (χ4n) is 2.49. The number of ether oxygens (including phenoxy) is 1. The smallest absolute Gasteiger partial charge is 0.316 e. The largest absolute Gasteiger partial charge is 0.431 e. The van der Waals surface area contributed by atoms with Gasteiger partial charge >= 0.3 is 5.97 Å². The SMILES string of the molecule is C=C(CC1=CCC(c2ccccc2)C1)OC(=O)C(C)(C)C. The van der Waals surface area contributed by atoms with Crippen molar-refractivity contribution in [3.63, 3.8) is 0 Å². The Kier molecular flexibility index (Phi) is 4.66. The van der Waals surface area contributed by atoms with Gasteiger partial charge in [-0.25, -0.2) is 0 Å². The highest BCUT2D eigenvalue weighted by molar-refractivity contribution is 5.76. The van der Waals surface area contributed by atoms with E-state index in [0.717, 1.165) is 12.8 Å². The van der Waals surface area contributed by atoms with Crippen molar-refractivity contribution < 1.29 is 9.53 Å². The minimum atomic E-state index is -0.487. The zero-order chi connectivity index (χ0) is 15.5. The third kappa shape index (κ3) is 4.32. The van der Waals surface area contributed by atoms with Crippen molar-refractivity contribution in [2.75, 3.05) is 0 Å². The van der Waals surface area contributed by atoms with Crippen molar-refractivity contribution in [2.45, 2.75) is 46.0 Å². The van der Waals surface area contributed by atoms with Crippen LogP contribution >= 0.6 is 0 Å². The lowest BCUT2D eigenvalue weighted by molar-refractivity contribution is -0.148. The first-order chi connectivity index (χ1) is 9.86. The second-order valence-corrected chi connectivity index (χ2v) is 6.76. The highest BCUT2D eigenvalue weighted by atomic mass is 16.5. The predicted octanol–water partition coefficient (Wildman–Crippen LogP) is 4.98. The van der Waals surface area contributed by atoms with E-state index in [-0.39, 0.29) is 5.97 Å². The molecule has 0 bridgehead atoms. The van der Waals surface area contributed by atoms with Gasteiger partial charge in [0, 0.05) is 6.42 Å². The zero-order valence-corrected chi connectivity index (χ0v) is 13.2. The Morgan fingerprint density at radius 3 is 2.57 bits per heavy atom. The maximum Gasteiger partial charge on any atom is 0.316 e. The molecule has 0 saturated heterocycles. The van der Waals surface area contributed by atoms with E-state index < -0.39 is 5.41 Å².